The van der Waals surface area contributed by atoms with Crippen molar-refractivity contribution in [1.29, 1.82) is 0 Å². The summed E-state index contributed by atoms with van der Waals surface area (Å²) in [6.07, 6.45) is 9.55. The Labute approximate surface area is 136 Å². The Morgan fingerprint density at radius 2 is 2.09 bits per heavy atom. The van der Waals surface area contributed by atoms with Crippen molar-refractivity contribution in [2.45, 2.75) is 45.6 Å². The molecule has 0 spiro atoms. The van der Waals surface area contributed by atoms with Crippen molar-refractivity contribution in [2.75, 3.05) is 13.1 Å². The minimum Gasteiger partial charge on any atom is -0.342 e. The summed E-state index contributed by atoms with van der Waals surface area (Å²) in [7, 11) is 0. The van der Waals surface area contributed by atoms with Crippen LogP contribution in [0, 0.1) is 0 Å². The molecule has 1 aliphatic heterocycles. The zero-order valence-corrected chi connectivity index (χ0v) is 13.9. The Hall–Kier alpha value is -2.24. The van der Waals surface area contributed by atoms with Gasteiger partial charge >= 0.3 is 0 Å². The van der Waals surface area contributed by atoms with Crippen LogP contribution in [-0.2, 0) is 4.79 Å². The van der Waals surface area contributed by atoms with Crippen molar-refractivity contribution in [2.24, 2.45) is 0 Å². The fourth-order valence-corrected chi connectivity index (χ4v) is 2.96. The number of piperidine rings is 1. The first-order valence-electron chi connectivity index (χ1n) is 8.16. The second-order valence-corrected chi connectivity index (χ2v) is 6.43. The second kappa shape index (κ2) is 6.48. The molecule has 1 fully saturated rings. The minimum absolute atomic E-state index is 0.139. The molecule has 0 bridgehead atoms. The summed E-state index contributed by atoms with van der Waals surface area (Å²) in [6.45, 7) is 7.41. The quantitative estimate of drug-likeness (QED) is 0.874. The van der Waals surface area contributed by atoms with Crippen molar-refractivity contribution in [3.63, 3.8) is 0 Å². The van der Waals surface area contributed by atoms with Crippen LogP contribution in [0.2, 0.25) is 0 Å². The summed E-state index contributed by atoms with van der Waals surface area (Å²) in [6, 6.07) is 0.329. The van der Waals surface area contributed by atoms with Crippen molar-refractivity contribution in [3.05, 3.63) is 30.5 Å². The molecule has 0 radical (unpaired) electrons. The van der Waals surface area contributed by atoms with Crippen LogP contribution in [0.5, 0.6) is 0 Å². The Morgan fingerprint density at radius 3 is 2.70 bits per heavy atom. The molecule has 122 valence electrons. The molecule has 0 aromatic carbocycles. The number of rotatable bonds is 3. The normalized spacial score (nSPS) is 18.4. The molecule has 2 aromatic rings. The standard InChI is InChI=1S/C17H23N5O/c1-12(2)22-11-15(7-20-22)17-9-18-16(8-19-17)14-5-4-6-21(10-14)13(3)23/h7-9,11-12,14H,4-6,10H2,1-3H3/t14-/m1/s1. The number of likely N-dealkylation sites (tertiary alicyclic amines) is 1. The average Bonchev–Trinajstić information content (AvgIpc) is 3.05. The van der Waals surface area contributed by atoms with E-state index >= 15 is 0 Å². The Bertz CT molecular complexity index is 677. The van der Waals surface area contributed by atoms with Crippen molar-refractivity contribution < 1.29 is 4.79 Å². The zero-order valence-electron chi connectivity index (χ0n) is 13.9. The monoisotopic (exact) mass is 313 g/mol. The molecule has 6 heteroatoms. The maximum Gasteiger partial charge on any atom is 0.219 e. The van der Waals surface area contributed by atoms with E-state index in [1.54, 1.807) is 6.92 Å². The lowest BCUT2D eigenvalue weighted by molar-refractivity contribution is -0.130. The minimum atomic E-state index is 0.139. The molecule has 0 saturated carbocycles. The lowest BCUT2D eigenvalue weighted by Gasteiger charge is -2.31. The summed E-state index contributed by atoms with van der Waals surface area (Å²) in [4.78, 5) is 22.6. The molecule has 1 saturated heterocycles. The zero-order chi connectivity index (χ0) is 16.4. The van der Waals surface area contributed by atoms with Crippen LogP contribution in [-0.4, -0.2) is 43.6 Å². The molecule has 1 atom stereocenters. The highest BCUT2D eigenvalue weighted by Gasteiger charge is 2.24. The largest absolute Gasteiger partial charge is 0.342 e. The predicted octanol–water partition coefficient (Wildman–Crippen LogP) is 2.65. The van der Waals surface area contributed by atoms with Crippen molar-refractivity contribution in [1.82, 2.24) is 24.6 Å². The summed E-state index contributed by atoms with van der Waals surface area (Å²) >= 11 is 0. The van der Waals surface area contributed by atoms with Crippen molar-refractivity contribution >= 4 is 5.91 Å². The maximum absolute atomic E-state index is 11.6. The van der Waals surface area contributed by atoms with Gasteiger partial charge in [0.2, 0.25) is 5.91 Å². The molecule has 0 unspecified atom stereocenters. The molecule has 2 aromatic heterocycles. The van der Waals surface area contributed by atoms with E-state index < -0.39 is 0 Å². The second-order valence-electron chi connectivity index (χ2n) is 6.43. The van der Waals surface area contributed by atoms with Gasteiger partial charge < -0.3 is 4.90 Å². The molecule has 23 heavy (non-hydrogen) atoms. The highest BCUT2D eigenvalue weighted by atomic mass is 16.2. The van der Waals surface area contributed by atoms with E-state index in [1.165, 1.54) is 0 Å². The first-order valence-corrected chi connectivity index (χ1v) is 8.16. The van der Waals surface area contributed by atoms with Gasteiger partial charge in [0.1, 0.15) is 0 Å². The third-order valence-electron chi connectivity index (χ3n) is 4.38. The van der Waals surface area contributed by atoms with Crippen LogP contribution < -0.4 is 0 Å². The van der Waals surface area contributed by atoms with Gasteiger partial charge in [0.25, 0.3) is 0 Å². The fraction of sp³-hybridized carbons (Fsp3) is 0.529. The number of hydrogen-bond acceptors (Lipinski definition) is 4. The lowest BCUT2D eigenvalue weighted by atomic mass is 9.95. The van der Waals surface area contributed by atoms with Gasteiger partial charge in [-0.2, -0.15) is 5.10 Å². The van der Waals surface area contributed by atoms with E-state index in [9.17, 15) is 4.79 Å². The number of amides is 1. The number of aromatic nitrogens is 4. The van der Waals surface area contributed by atoms with Crippen LogP contribution in [0.3, 0.4) is 0 Å². The van der Waals surface area contributed by atoms with E-state index in [1.807, 2.05) is 34.4 Å². The van der Waals surface area contributed by atoms with E-state index in [-0.39, 0.29) is 11.8 Å². The van der Waals surface area contributed by atoms with Gasteiger partial charge in [-0.15, -0.1) is 0 Å². The molecular formula is C17H23N5O. The highest BCUT2D eigenvalue weighted by molar-refractivity contribution is 5.73. The predicted molar refractivity (Wildman–Crippen MR) is 87.9 cm³/mol. The van der Waals surface area contributed by atoms with Gasteiger partial charge in [-0.25, -0.2) is 0 Å². The molecule has 1 aliphatic rings. The SMILES string of the molecule is CC(=O)N1CCC[C@@H](c2cnc(-c3cnn(C(C)C)c3)cn2)C1. The van der Waals surface area contributed by atoms with E-state index in [0.29, 0.717) is 6.04 Å². The van der Waals surface area contributed by atoms with Crippen molar-refractivity contribution in [3.8, 4) is 11.3 Å². The Morgan fingerprint density at radius 1 is 1.26 bits per heavy atom. The summed E-state index contributed by atoms with van der Waals surface area (Å²) < 4.78 is 1.91. The molecule has 3 rings (SSSR count). The summed E-state index contributed by atoms with van der Waals surface area (Å²) in [5, 5.41) is 4.34. The molecule has 1 amide bonds. The van der Waals surface area contributed by atoms with Gasteiger partial charge in [0.15, 0.2) is 0 Å². The third-order valence-corrected chi connectivity index (χ3v) is 4.38. The average molecular weight is 313 g/mol. The van der Waals surface area contributed by atoms with Crippen LogP contribution in [0.1, 0.15) is 51.3 Å². The molecular weight excluding hydrogens is 290 g/mol. The topological polar surface area (TPSA) is 63.9 Å². The number of hydrogen-bond donors (Lipinski definition) is 0. The van der Waals surface area contributed by atoms with E-state index in [0.717, 1.165) is 42.9 Å². The molecule has 3 heterocycles. The summed E-state index contributed by atoms with van der Waals surface area (Å²) in [5.41, 5.74) is 2.78. The Balaban J connectivity index is 1.75. The van der Waals surface area contributed by atoms with Gasteiger partial charge in [0.05, 0.1) is 23.8 Å². The van der Waals surface area contributed by atoms with Gasteiger partial charge in [-0.1, -0.05) is 0 Å². The molecule has 0 aliphatic carbocycles. The number of nitrogens with zero attached hydrogens (tertiary/aromatic N) is 5. The lowest BCUT2D eigenvalue weighted by Crippen LogP contribution is -2.37. The smallest absolute Gasteiger partial charge is 0.219 e. The first-order chi connectivity index (χ1) is 11.0. The van der Waals surface area contributed by atoms with Gasteiger partial charge in [-0.3, -0.25) is 19.4 Å². The number of carbonyl (C=O) groups is 1. The summed E-state index contributed by atoms with van der Waals surface area (Å²) in [5.74, 6) is 0.424. The number of carbonyl (C=O) groups excluding carboxylic acids is 1. The van der Waals surface area contributed by atoms with Gasteiger partial charge in [0, 0.05) is 49.9 Å². The van der Waals surface area contributed by atoms with Crippen LogP contribution in [0.15, 0.2) is 24.8 Å². The van der Waals surface area contributed by atoms with E-state index in [4.69, 9.17) is 0 Å². The first kappa shape index (κ1) is 15.6. The molecule has 0 N–H and O–H groups in total. The maximum atomic E-state index is 11.6. The van der Waals surface area contributed by atoms with Crippen LogP contribution in [0.25, 0.3) is 11.3 Å². The fourth-order valence-electron chi connectivity index (χ4n) is 2.96. The van der Waals surface area contributed by atoms with Crippen LogP contribution in [0.4, 0.5) is 0 Å². The third kappa shape index (κ3) is 3.41. The Kier molecular flexibility index (Phi) is 4.41. The van der Waals surface area contributed by atoms with Crippen LogP contribution >= 0.6 is 0 Å². The van der Waals surface area contributed by atoms with E-state index in [2.05, 4.69) is 28.9 Å². The highest BCUT2D eigenvalue weighted by Crippen LogP contribution is 2.26. The molecule has 6 nitrogen and oxygen atoms in total. The van der Waals surface area contributed by atoms with Gasteiger partial charge in [-0.05, 0) is 26.7 Å².